The number of carbonyl (C=O) groups is 4. The Bertz CT molecular complexity index is 2110. The Hall–Kier alpha value is -1.94. The van der Waals surface area contributed by atoms with Crippen LogP contribution in [0.1, 0.15) is 473 Å². The minimum atomic E-state index is -4.97. The highest BCUT2D eigenvalue weighted by molar-refractivity contribution is 7.47. The van der Waals surface area contributed by atoms with Crippen LogP contribution in [0.5, 0.6) is 0 Å². The van der Waals surface area contributed by atoms with Crippen molar-refractivity contribution < 1.29 is 80.2 Å². The second kappa shape index (κ2) is 78.6. The van der Waals surface area contributed by atoms with Crippen LogP contribution < -0.4 is 0 Å². The summed E-state index contributed by atoms with van der Waals surface area (Å²) in [5.74, 6) is 1.14. The van der Waals surface area contributed by atoms with Crippen LogP contribution in [0.25, 0.3) is 0 Å². The highest BCUT2D eigenvalue weighted by Crippen LogP contribution is 2.45. The molecule has 0 aliphatic heterocycles. The molecule has 0 amide bonds. The zero-order valence-corrected chi connectivity index (χ0v) is 74.0. The fourth-order valence-corrected chi connectivity index (χ4v) is 15.5. The molecule has 17 nitrogen and oxygen atoms in total. The van der Waals surface area contributed by atoms with E-state index in [1.54, 1.807) is 0 Å². The van der Waals surface area contributed by atoms with Gasteiger partial charge in [-0.15, -0.1) is 0 Å². The summed E-state index contributed by atoms with van der Waals surface area (Å²) in [6.45, 7) is 14.4. The number of aliphatic hydroxyl groups excluding tert-OH is 1. The fraction of sp³-hybridized carbons (Fsp3) is 0.956. The molecule has 4 unspecified atom stereocenters. The number of hydrogen-bond acceptors (Lipinski definition) is 15. The van der Waals surface area contributed by atoms with Crippen molar-refractivity contribution in [3.63, 3.8) is 0 Å². The Kier molecular flexibility index (Phi) is 77.2. The molecule has 0 saturated heterocycles. The van der Waals surface area contributed by atoms with Gasteiger partial charge in [0.2, 0.25) is 0 Å². The van der Waals surface area contributed by atoms with Crippen LogP contribution in [0.3, 0.4) is 0 Å². The first-order valence-electron chi connectivity index (χ1n) is 46.3. The summed E-state index contributed by atoms with van der Waals surface area (Å²) < 4.78 is 69.0. The van der Waals surface area contributed by atoms with Gasteiger partial charge in [0.25, 0.3) is 0 Å². The number of rotatable bonds is 87. The summed E-state index contributed by atoms with van der Waals surface area (Å²) in [6, 6.07) is 0. The number of unbranched alkanes of at least 4 members (excludes halogenated alkanes) is 51. The molecule has 0 heterocycles. The lowest BCUT2D eigenvalue weighted by molar-refractivity contribution is -0.161. The molecular formula is C90H176O17P2. The van der Waals surface area contributed by atoms with E-state index in [9.17, 15) is 43.2 Å². The predicted octanol–water partition coefficient (Wildman–Crippen LogP) is 27.5. The van der Waals surface area contributed by atoms with E-state index < -0.39 is 97.5 Å². The number of ether oxygens (including phenoxy) is 4. The summed E-state index contributed by atoms with van der Waals surface area (Å²) in [4.78, 5) is 73.4. The molecule has 0 fully saturated rings. The fourth-order valence-electron chi connectivity index (χ4n) is 14.0. The Balaban J connectivity index is 5.24. The first kappa shape index (κ1) is 107. The van der Waals surface area contributed by atoms with Gasteiger partial charge in [-0.25, -0.2) is 9.13 Å². The van der Waals surface area contributed by atoms with Crippen molar-refractivity contribution in [1.82, 2.24) is 0 Å². The molecule has 109 heavy (non-hydrogen) atoms. The van der Waals surface area contributed by atoms with Crippen molar-refractivity contribution in [2.45, 2.75) is 491 Å². The van der Waals surface area contributed by atoms with E-state index in [1.807, 2.05) is 0 Å². The number of hydrogen-bond donors (Lipinski definition) is 3. The molecule has 0 spiro atoms. The van der Waals surface area contributed by atoms with Crippen LogP contribution >= 0.6 is 15.6 Å². The quantitative estimate of drug-likeness (QED) is 0.0222. The minimum absolute atomic E-state index is 0.106. The average Bonchev–Trinajstić information content (AvgIpc) is 0.900. The Morgan fingerprint density at radius 2 is 0.440 bits per heavy atom. The summed E-state index contributed by atoms with van der Waals surface area (Å²) in [6.07, 6.45) is 69.4. The zero-order valence-electron chi connectivity index (χ0n) is 72.2. The van der Waals surface area contributed by atoms with Crippen molar-refractivity contribution in [1.29, 1.82) is 0 Å². The van der Waals surface area contributed by atoms with Gasteiger partial charge in [-0.05, 0) is 49.4 Å². The van der Waals surface area contributed by atoms with E-state index >= 15 is 0 Å². The lowest BCUT2D eigenvalue weighted by Crippen LogP contribution is -2.30. The van der Waals surface area contributed by atoms with Gasteiger partial charge < -0.3 is 33.8 Å². The molecule has 0 bridgehead atoms. The first-order valence-corrected chi connectivity index (χ1v) is 49.3. The van der Waals surface area contributed by atoms with E-state index in [0.29, 0.717) is 25.7 Å². The topological polar surface area (TPSA) is 237 Å². The van der Waals surface area contributed by atoms with E-state index in [0.717, 1.165) is 114 Å². The van der Waals surface area contributed by atoms with Gasteiger partial charge in [-0.3, -0.25) is 37.3 Å². The maximum atomic E-state index is 13.2. The minimum Gasteiger partial charge on any atom is -0.462 e. The molecule has 3 N–H and O–H groups in total. The second-order valence-electron chi connectivity index (χ2n) is 33.8. The monoisotopic (exact) mass is 1590 g/mol. The molecule has 19 heteroatoms. The Labute approximate surface area is 670 Å². The lowest BCUT2D eigenvalue weighted by Gasteiger charge is -2.21. The Morgan fingerprint density at radius 3 is 0.651 bits per heavy atom. The lowest BCUT2D eigenvalue weighted by atomic mass is 9.99. The number of phosphoric acid groups is 2. The summed E-state index contributed by atoms with van der Waals surface area (Å²) >= 11 is 0. The predicted molar refractivity (Wildman–Crippen MR) is 451 cm³/mol. The zero-order chi connectivity index (χ0) is 80.2. The summed E-state index contributed by atoms with van der Waals surface area (Å²) in [5.41, 5.74) is 0. The van der Waals surface area contributed by atoms with Gasteiger partial charge in [0, 0.05) is 25.7 Å². The third-order valence-corrected chi connectivity index (χ3v) is 23.7. The smallest absolute Gasteiger partial charge is 0.462 e. The third kappa shape index (κ3) is 81.0. The van der Waals surface area contributed by atoms with Gasteiger partial charge >= 0.3 is 39.5 Å². The van der Waals surface area contributed by atoms with Crippen molar-refractivity contribution in [2.24, 2.45) is 23.7 Å². The van der Waals surface area contributed by atoms with E-state index in [1.165, 1.54) is 276 Å². The second-order valence-corrected chi connectivity index (χ2v) is 36.7. The van der Waals surface area contributed by atoms with Crippen LogP contribution in [-0.2, 0) is 65.4 Å². The number of aliphatic hydroxyl groups is 1. The molecule has 0 radical (unpaired) electrons. The highest BCUT2D eigenvalue weighted by Gasteiger charge is 2.31. The maximum Gasteiger partial charge on any atom is 0.472 e. The van der Waals surface area contributed by atoms with E-state index in [2.05, 4.69) is 55.4 Å². The van der Waals surface area contributed by atoms with Crippen LogP contribution in [0.2, 0.25) is 0 Å². The molecule has 648 valence electrons. The molecule has 7 atom stereocenters. The van der Waals surface area contributed by atoms with E-state index in [-0.39, 0.29) is 25.7 Å². The number of carbonyl (C=O) groups excluding carboxylic acids is 4. The van der Waals surface area contributed by atoms with Crippen molar-refractivity contribution >= 4 is 39.5 Å². The number of phosphoric ester groups is 2. The third-order valence-electron chi connectivity index (χ3n) is 21.8. The molecular weight excluding hydrogens is 1410 g/mol. The van der Waals surface area contributed by atoms with Crippen LogP contribution in [0.15, 0.2) is 0 Å². The van der Waals surface area contributed by atoms with Crippen LogP contribution in [0, 0.1) is 23.7 Å². The molecule has 0 saturated carbocycles. The SMILES string of the molecule is CCC(C)CCCCCCCCCCCCCCCCCCCCC(=O)O[C@H](COC(=O)CCCCCCCCCCCCCCCCCCCCC(C)C)COP(=O)(O)OC[C@@H](O)COP(=O)(O)OC[C@@H](COC(=O)CCCCCCCCCCCC(C)C)OC(=O)CCCCCCCCCCCCC(C)CC. The maximum absolute atomic E-state index is 13.2. The van der Waals surface area contributed by atoms with Gasteiger partial charge in [-0.2, -0.15) is 0 Å². The Morgan fingerprint density at radius 1 is 0.257 bits per heavy atom. The summed E-state index contributed by atoms with van der Waals surface area (Å²) in [5, 5.41) is 10.7. The standard InChI is InChI=1S/C90H176O17P2/c1-9-82(7)68-60-52-44-36-28-24-20-16-12-14-18-22-26-30-39-48-56-64-72-89(94)106-85(76-100-87(92)70-62-54-46-38-29-25-21-17-13-11-15-19-23-27-34-42-50-58-66-80(3)4)78-104-108(96,97)102-74-84(91)75-103-109(98,99)105-79-86(77-101-88(93)71-63-55-47-41-33-35-43-51-59-67-81(5)6)107-90(95)73-65-57-49-40-32-31-37-45-53-61-69-83(8)10-2/h80-86,91H,9-79H2,1-8H3,(H,96,97)(H,98,99)/t82?,83?,84-,85-,86-/m1/s1. The van der Waals surface area contributed by atoms with Crippen molar-refractivity contribution in [3.05, 3.63) is 0 Å². The molecule has 0 aliphatic rings. The molecule has 0 rings (SSSR count). The number of esters is 4. The first-order chi connectivity index (χ1) is 52.7. The van der Waals surface area contributed by atoms with Gasteiger partial charge in [0.1, 0.15) is 19.3 Å². The average molecular weight is 1590 g/mol. The van der Waals surface area contributed by atoms with Gasteiger partial charge in [0.15, 0.2) is 12.2 Å². The normalized spacial score (nSPS) is 14.4. The van der Waals surface area contributed by atoms with E-state index in [4.69, 9.17) is 37.0 Å². The van der Waals surface area contributed by atoms with Crippen LogP contribution in [-0.4, -0.2) is 96.7 Å². The van der Waals surface area contributed by atoms with Gasteiger partial charge in [-0.1, -0.05) is 421 Å². The molecule has 0 aromatic carbocycles. The molecule has 0 aromatic heterocycles. The highest BCUT2D eigenvalue weighted by atomic mass is 31.2. The molecule has 0 aromatic rings. The van der Waals surface area contributed by atoms with Crippen molar-refractivity contribution in [3.8, 4) is 0 Å². The van der Waals surface area contributed by atoms with Crippen LogP contribution in [0.4, 0.5) is 0 Å². The largest absolute Gasteiger partial charge is 0.472 e. The van der Waals surface area contributed by atoms with Crippen molar-refractivity contribution in [2.75, 3.05) is 39.6 Å². The molecule has 0 aliphatic carbocycles. The van der Waals surface area contributed by atoms with Gasteiger partial charge in [0.05, 0.1) is 26.4 Å². The summed E-state index contributed by atoms with van der Waals surface area (Å²) in [7, 11) is -9.94.